The zero-order valence-electron chi connectivity index (χ0n) is 5.50. The maximum absolute atomic E-state index is 8.74. The number of hydrogen-bond acceptors (Lipinski definition) is 2. The fourth-order valence-electron chi connectivity index (χ4n) is 0. The molecule has 0 saturated heterocycles. The van der Waals surface area contributed by atoms with E-state index in [2.05, 4.69) is 0 Å². The van der Waals surface area contributed by atoms with Gasteiger partial charge in [0.2, 0.25) is 0 Å². The van der Waals surface area contributed by atoms with Crippen molar-refractivity contribution in [3.63, 3.8) is 0 Å². The van der Waals surface area contributed by atoms with Gasteiger partial charge in [-0.2, -0.15) is 8.42 Å². The smallest absolute Gasteiger partial charge is 1.00 e. The van der Waals surface area contributed by atoms with E-state index in [1.165, 1.54) is 0 Å². The van der Waals surface area contributed by atoms with Crippen molar-refractivity contribution in [1.82, 2.24) is 0 Å². The van der Waals surface area contributed by atoms with E-state index >= 15 is 0 Å². The van der Waals surface area contributed by atoms with Crippen LogP contribution in [-0.4, -0.2) is 17.5 Å². The molecule has 0 aliphatic carbocycles. The molecule has 0 aliphatic heterocycles. The Labute approximate surface area is 110 Å². The third-order valence-electron chi connectivity index (χ3n) is 0. The van der Waals surface area contributed by atoms with Gasteiger partial charge < -0.3 is 13.8 Å². The Hall–Kier alpha value is 2.39. The molecule has 4 nitrogen and oxygen atoms in total. The largest absolute Gasteiger partial charge is 1.00 e. The van der Waals surface area contributed by atoms with Crippen molar-refractivity contribution in [2.45, 2.75) is 0 Å². The van der Waals surface area contributed by atoms with Gasteiger partial charge in [0.05, 0.1) is 0 Å². The van der Waals surface area contributed by atoms with Crippen molar-refractivity contribution in [2.24, 2.45) is 0 Å². The molecule has 0 unspecified atom stereocenters. The van der Waals surface area contributed by atoms with Gasteiger partial charge in [-0.15, -0.1) is 0 Å². The molecule has 8 heavy (non-hydrogen) atoms. The minimum absolute atomic E-state index is 0. The van der Waals surface area contributed by atoms with Crippen LogP contribution in [0, 0.1) is 0 Å². The van der Waals surface area contributed by atoms with Crippen LogP contribution < -0.4 is 82.7 Å². The Morgan fingerprint density at radius 3 is 1.25 bits per heavy atom. The minimum Gasteiger partial charge on any atom is -1.00 e. The zero-order chi connectivity index (χ0) is 4.50. The van der Waals surface area contributed by atoms with Crippen LogP contribution in [0.4, 0.5) is 0 Å². The maximum atomic E-state index is 8.74. The summed E-state index contributed by atoms with van der Waals surface area (Å²) in [5, 5.41) is 0. The predicted molar refractivity (Wildman–Crippen MR) is 15.3 cm³/mol. The van der Waals surface area contributed by atoms with E-state index in [1.807, 2.05) is 0 Å². The molecule has 0 aromatic heterocycles. The molecule has 0 bridgehead atoms. The fourth-order valence-corrected chi connectivity index (χ4v) is 0. The number of halogens is 1. The van der Waals surface area contributed by atoms with Gasteiger partial charge in [0.25, 0.3) is 0 Å². The van der Waals surface area contributed by atoms with Crippen molar-refractivity contribution < 1.29 is 102 Å². The molecule has 0 aliphatic rings. The quantitative estimate of drug-likeness (QED) is 0.287. The average molecular weight is 181 g/mol. The van der Waals surface area contributed by atoms with E-state index in [4.69, 9.17) is 17.5 Å². The Morgan fingerprint density at radius 1 is 1.25 bits per heavy atom. The molecule has 0 radical (unpaired) electrons. The standard InChI is InChI=1S/ClH.K.Li.H2O4S.H/c;;;1-5(2,3)4;/h1H;;;(H2,1,2,3,4);/q;2*+1;;-1/p-1. The topological polar surface area (TPSA) is 74.6 Å². The van der Waals surface area contributed by atoms with Crippen LogP contribution in [-0.2, 0) is 10.4 Å². The second-order valence-electron chi connectivity index (χ2n) is 0.448. The van der Waals surface area contributed by atoms with E-state index in [-0.39, 0.29) is 84.1 Å². The van der Waals surface area contributed by atoms with Gasteiger partial charge in [-0.1, -0.05) is 0 Å². The van der Waals surface area contributed by atoms with E-state index in [0.29, 0.717) is 0 Å². The van der Waals surface area contributed by atoms with E-state index < -0.39 is 10.4 Å². The SMILES string of the molecule is O=S(=O)(O)O.[Cl-].[H-].[K+].[Li+]. The zero-order valence-corrected chi connectivity index (χ0v) is 9.19. The van der Waals surface area contributed by atoms with Crippen LogP contribution in [0.1, 0.15) is 1.43 Å². The summed E-state index contributed by atoms with van der Waals surface area (Å²) in [6.45, 7) is 0. The minimum atomic E-state index is -4.67. The van der Waals surface area contributed by atoms with Crippen LogP contribution in [0.25, 0.3) is 0 Å². The van der Waals surface area contributed by atoms with Crippen molar-refractivity contribution in [3.05, 3.63) is 0 Å². The summed E-state index contributed by atoms with van der Waals surface area (Å²) in [5.74, 6) is 0. The molecule has 2 N–H and O–H groups in total. The number of rotatable bonds is 0. The molecule has 42 valence electrons. The van der Waals surface area contributed by atoms with Gasteiger partial charge in [0.1, 0.15) is 0 Å². The first kappa shape index (κ1) is 22.4. The summed E-state index contributed by atoms with van der Waals surface area (Å²) >= 11 is 0. The van der Waals surface area contributed by atoms with Crippen LogP contribution >= 0.6 is 0 Å². The van der Waals surface area contributed by atoms with Crippen LogP contribution in [0.5, 0.6) is 0 Å². The first-order valence-corrected chi connectivity index (χ1v) is 2.10. The van der Waals surface area contributed by atoms with E-state index in [0.717, 1.165) is 0 Å². The summed E-state index contributed by atoms with van der Waals surface area (Å²) in [5.41, 5.74) is 0. The third kappa shape index (κ3) is 80.1. The number of hydrogen-bond donors (Lipinski definition) is 2. The molecule has 0 aromatic carbocycles. The molecule has 8 heteroatoms. The summed E-state index contributed by atoms with van der Waals surface area (Å²) in [4.78, 5) is 0. The Balaban J connectivity index is -0.0000000133. The van der Waals surface area contributed by atoms with Gasteiger partial charge in [-0.3, -0.25) is 9.11 Å². The van der Waals surface area contributed by atoms with Crippen LogP contribution in [0.2, 0.25) is 0 Å². The molecule has 0 heterocycles. The monoisotopic (exact) mass is 180 g/mol. The Bertz CT molecular complexity index is 104. The second kappa shape index (κ2) is 9.39. The summed E-state index contributed by atoms with van der Waals surface area (Å²) in [6.07, 6.45) is 0. The van der Waals surface area contributed by atoms with Crippen LogP contribution in [0.15, 0.2) is 0 Å². The molecule has 0 spiro atoms. The molecular weight excluding hydrogens is 178 g/mol. The van der Waals surface area contributed by atoms with Gasteiger partial charge in [-0.05, 0) is 0 Å². The van der Waals surface area contributed by atoms with Gasteiger partial charge in [-0.25, -0.2) is 0 Å². The molecule has 0 saturated carbocycles. The third-order valence-corrected chi connectivity index (χ3v) is 0. The van der Waals surface area contributed by atoms with E-state index in [9.17, 15) is 0 Å². The van der Waals surface area contributed by atoms with Gasteiger partial charge >= 0.3 is 80.6 Å². The van der Waals surface area contributed by atoms with Gasteiger partial charge in [0, 0.05) is 0 Å². The second-order valence-corrected chi connectivity index (χ2v) is 1.34. The molecule has 0 rings (SSSR count). The Kier molecular flexibility index (Phi) is 26.3. The maximum Gasteiger partial charge on any atom is 1.00 e. The van der Waals surface area contributed by atoms with Crippen molar-refractivity contribution in [1.29, 1.82) is 0 Å². The Morgan fingerprint density at radius 2 is 1.25 bits per heavy atom. The molecule has 0 aromatic rings. The molecule has 0 atom stereocenters. The first-order valence-electron chi connectivity index (χ1n) is 0.698. The fraction of sp³-hybridized carbons (Fsp3) is 0. The first-order chi connectivity index (χ1) is 2.00. The molecule has 0 fully saturated rings. The van der Waals surface area contributed by atoms with Crippen molar-refractivity contribution in [2.75, 3.05) is 0 Å². The van der Waals surface area contributed by atoms with Gasteiger partial charge in [0.15, 0.2) is 0 Å². The van der Waals surface area contributed by atoms with Crippen molar-refractivity contribution >= 4 is 10.4 Å². The molecular formula is H3ClKLiO4S. The normalized spacial score (nSPS) is 7.25. The predicted octanol–water partition coefficient (Wildman–Crippen LogP) is -9.53. The summed E-state index contributed by atoms with van der Waals surface area (Å²) in [6, 6.07) is 0. The summed E-state index contributed by atoms with van der Waals surface area (Å²) < 4.78 is 31.6. The van der Waals surface area contributed by atoms with Crippen molar-refractivity contribution in [3.8, 4) is 0 Å². The average Bonchev–Trinajstić information content (AvgIpc) is 0.722. The summed E-state index contributed by atoms with van der Waals surface area (Å²) in [7, 11) is -4.67. The van der Waals surface area contributed by atoms with E-state index in [1.54, 1.807) is 0 Å². The molecule has 0 amide bonds. The van der Waals surface area contributed by atoms with Crippen LogP contribution in [0.3, 0.4) is 0 Å².